The fraction of sp³-hybridized carbons (Fsp3) is 0.105. The summed E-state index contributed by atoms with van der Waals surface area (Å²) in [4.78, 5) is 35.6. The van der Waals surface area contributed by atoms with Crippen LogP contribution in [0.4, 0.5) is 10.5 Å². The number of carbonyl (C=O) groups is 1. The van der Waals surface area contributed by atoms with Crippen LogP contribution in [0, 0.1) is 17.0 Å². The molecule has 3 rings (SSSR count). The summed E-state index contributed by atoms with van der Waals surface area (Å²) in [6.07, 6.45) is 1.18. The molecule has 3 aromatic rings. The van der Waals surface area contributed by atoms with Crippen LogP contribution in [0.25, 0.3) is 5.69 Å². The number of hydrogen-bond donors (Lipinski definition) is 2. The number of benzene rings is 2. The van der Waals surface area contributed by atoms with Crippen LogP contribution in [0.3, 0.4) is 0 Å². The number of nitrogens with one attached hydrogen (secondary N) is 2. The third-order valence-corrected chi connectivity index (χ3v) is 5.21. The van der Waals surface area contributed by atoms with Gasteiger partial charge in [-0.15, -0.1) is 0 Å². The maximum atomic E-state index is 12.8. The molecule has 0 bridgehead atoms. The number of nitrogens with zero attached hydrogens (tertiary/aromatic N) is 4. The minimum atomic E-state index is -0.677. The maximum Gasteiger partial charge on any atom is 0.345 e. The van der Waals surface area contributed by atoms with Crippen LogP contribution in [0.1, 0.15) is 11.3 Å². The van der Waals surface area contributed by atoms with Crippen molar-refractivity contribution in [3.63, 3.8) is 0 Å². The second-order valence-electron chi connectivity index (χ2n) is 6.11. The Bertz CT molecular complexity index is 1170. The Labute approximate surface area is 175 Å². The van der Waals surface area contributed by atoms with E-state index in [-0.39, 0.29) is 16.8 Å². The highest BCUT2D eigenvalue weighted by Crippen LogP contribution is 2.18. The first kappa shape index (κ1) is 20.9. The van der Waals surface area contributed by atoms with E-state index in [1.807, 2.05) is 30.3 Å². The van der Waals surface area contributed by atoms with Gasteiger partial charge in [0.05, 0.1) is 28.1 Å². The Balaban J connectivity index is 1.67. The van der Waals surface area contributed by atoms with Crippen LogP contribution in [-0.4, -0.2) is 26.5 Å². The van der Waals surface area contributed by atoms with Crippen LogP contribution in [0.2, 0.25) is 0 Å². The molecular weight excluding hydrogens is 408 g/mol. The van der Waals surface area contributed by atoms with Crippen molar-refractivity contribution >= 4 is 29.9 Å². The number of aromatic nitrogens is 2. The van der Waals surface area contributed by atoms with Crippen LogP contribution in [0.5, 0.6) is 0 Å². The number of urea groups is 1. The molecule has 0 fully saturated rings. The van der Waals surface area contributed by atoms with E-state index in [1.165, 1.54) is 29.1 Å². The molecule has 2 amide bonds. The smallest absolute Gasteiger partial charge is 0.284 e. The van der Waals surface area contributed by atoms with E-state index in [0.717, 1.165) is 11.9 Å². The normalized spacial score (nSPS) is 10.9. The summed E-state index contributed by atoms with van der Waals surface area (Å²) in [7, 11) is 1.75. The molecule has 0 aliphatic carbocycles. The van der Waals surface area contributed by atoms with Crippen molar-refractivity contribution in [1.82, 2.24) is 19.5 Å². The van der Waals surface area contributed by atoms with Crippen LogP contribution in [-0.2, 0) is 7.05 Å². The van der Waals surface area contributed by atoms with Gasteiger partial charge in [0, 0.05) is 13.1 Å². The van der Waals surface area contributed by atoms with E-state index < -0.39 is 11.0 Å². The van der Waals surface area contributed by atoms with Gasteiger partial charge in [-0.25, -0.2) is 14.9 Å². The molecule has 0 saturated carbocycles. The van der Waals surface area contributed by atoms with Gasteiger partial charge in [-0.05, 0) is 37.1 Å². The lowest BCUT2D eigenvalue weighted by Gasteiger charge is -2.07. The second kappa shape index (κ2) is 9.09. The Hall–Kier alpha value is -3.86. The number of para-hydroxylation sites is 2. The predicted molar refractivity (Wildman–Crippen MR) is 114 cm³/mol. The van der Waals surface area contributed by atoms with Crippen molar-refractivity contribution in [1.29, 1.82) is 0 Å². The van der Waals surface area contributed by atoms with Crippen molar-refractivity contribution in [3.8, 4) is 5.69 Å². The molecule has 1 aromatic heterocycles. The molecule has 30 heavy (non-hydrogen) atoms. The molecule has 0 aliphatic rings. The summed E-state index contributed by atoms with van der Waals surface area (Å²) < 4.78 is 5.69. The summed E-state index contributed by atoms with van der Waals surface area (Å²) in [5.74, 6) is 0. The standard InChI is InChI=1S/C19H18N6O4S/c1-13-17(18(26)24(23(13)2)15-9-4-3-5-10-15)30-22-19(27)21-20-12-14-8-6-7-11-16(14)25(28)29/h3-12H,1-2H3,(H2,21,22,27)/b20-12+. The molecule has 1 heterocycles. The van der Waals surface area contributed by atoms with E-state index in [1.54, 1.807) is 24.7 Å². The lowest BCUT2D eigenvalue weighted by molar-refractivity contribution is -0.385. The fourth-order valence-corrected chi connectivity index (χ4v) is 3.40. The highest BCUT2D eigenvalue weighted by molar-refractivity contribution is 7.98. The van der Waals surface area contributed by atoms with Crippen molar-refractivity contribution in [2.24, 2.45) is 12.1 Å². The fourth-order valence-electron chi connectivity index (χ4n) is 2.70. The lowest BCUT2D eigenvalue weighted by Crippen LogP contribution is -2.28. The predicted octanol–water partition coefficient (Wildman–Crippen LogP) is 2.73. The maximum absolute atomic E-state index is 12.8. The van der Waals surface area contributed by atoms with Gasteiger partial charge in [0.25, 0.3) is 11.2 Å². The van der Waals surface area contributed by atoms with Gasteiger partial charge in [0.1, 0.15) is 4.90 Å². The molecule has 0 radical (unpaired) electrons. The third kappa shape index (κ3) is 4.41. The SMILES string of the molecule is Cc1c(SNC(=O)N/N=C/c2ccccc2[N+](=O)[O-])c(=O)n(-c2ccccc2)n1C. The molecular formula is C19H18N6O4S. The minimum Gasteiger partial charge on any atom is -0.284 e. The van der Waals surface area contributed by atoms with E-state index in [0.29, 0.717) is 16.3 Å². The van der Waals surface area contributed by atoms with Crippen molar-refractivity contribution in [2.45, 2.75) is 11.8 Å². The molecule has 0 saturated heterocycles. The zero-order chi connectivity index (χ0) is 21.7. The van der Waals surface area contributed by atoms with Crippen LogP contribution in [0.15, 0.2) is 69.4 Å². The summed E-state index contributed by atoms with van der Waals surface area (Å²) in [5, 5.41) is 14.7. The van der Waals surface area contributed by atoms with Gasteiger partial charge in [-0.1, -0.05) is 30.3 Å². The molecule has 2 aromatic carbocycles. The number of hydrogen-bond acceptors (Lipinski definition) is 6. The highest BCUT2D eigenvalue weighted by Gasteiger charge is 2.17. The summed E-state index contributed by atoms with van der Waals surface area (Å²) in [6.45, 7) is 1.77. The van der Waals surface area contributed by atoms with Crippen molar-refractivity contribution in [3.05, 3.63) is 86.3 Å². The summed E-state index contributed by atoms with van der Waals surface area (Å²) >= 11 is 0.867. The van der Waals surface area contributed by atoms with E-state index in [9.17, 15) is 19.7 Å². The molecule has 10 nitrogen and oxygen atoms in total. The van der Waals surface area contributed by atoms with Gasteiger partial charge >= 0.3 is 6.03 Å². The molecule has 154 valence electrons. The van der Waals surface area contributed by atoms with Gasteiger partial charge in [0.2, 0.25) is 0 Å². The van der Waals surface area contributed by atoms with Crippen molar-refractivity contribution < 1.29 is 9.72 Å². The lowest BCUT2D eigenvalue weighted by atomic mass is 10.2. The van der Waals surface area contributed by atoms with E-state index >= 15 is 0 Å². The molecule has 0 atom stereocenters. The van der Waals surface area contributed by atoms with E-state index in [2.05, 4.69) is 15.2 Å². The molecule has 0 unspecified atom stereocenters. The highest BCUT2D eigenvalue weighted by atomic mass is 32.2. The molecule has 0 spiro atoms. The Kier molecular flexibility index (Phi) is 6.32. The van der Waals surface area contributed by atoms with Crippen molar-refractivity contribution in [2.75, 3.05) is 0 Å². The molecule has 0 aliphatic heterocycles. The largest absolute Gasteiger partial charge is 0.345 e. The first-order valence-corrected chi connectivity index (χ1v) is 9.55. The summed E-state index contributed by atoms with van der Waals surface area (Å²) in [5.41, 5.74) is 3.46. The van der Waals surface area contributed by atoms with Gasteiger partial charge in [-0.2, -0.15) is 5.10 Å². The molecule has 2 N–H and O–H groups in total. The number of hydrazone groups is 1. The zero-order valence-corrected chi connectivity index (χ0v) is 16.9. The number of carbonyl (C=O) groups excluding carboxylic acids is 1. The number of nitro benzene ring substituents is 1. The Morgan fingerprint density at radius 1 is 1.17 bits per heavy atom. The summed E-state index contributed by atoms with van der Waals surface area (Å²) in [6, 6.07) is 14.5. The quantitative estimate of drug-likeness (QED) is 0.271. The van der Waals surface area contributed by atoms with Crippen LogP contribution < -0.4 is 15.7 Å². The average Bonchev–Trinajstić information content (AvgIpc) is 2.95. The monoisotopic (exact) mass is 426 g/mol. The number of amides is 2. The Morgan fingerprint density at radius 2 is 1.83 bits per heavy atom. The number of nitro groups is 1. The second-order valence-corrected chi connectivity index (χ2v) is 6.93. The minimum absolute atomic E-state index is 0.126. The average molecular weight is 426 g/mol. The topological polar surface area (TPSA) is 124 Å². The van der Waals surface area contributed by atoms with Gasteiger partial charge < -0.3 is 0 Å². The zero-order valence-electron chi connectivity index (χ0n) is 16.1. The van der Waals surface area contributed by atoms with Gasteiger partial charge in [-0.3, -0.25) is 24.3 Å². The van der Waals surface area contributed by atoms with E-state index in [4.69, 9.17) is 0 Å². The first-order chi connectivity index (χ1) is 14.4. The van der Waals surface area contributed by atoms with Gasteiger partial charge in [0.15, 0.2) is 0 Å². The Morgan fingerprint density at radius 3 is 2.53 bits per heavy atom. The number of rotatable bonds is 6. The first-order valence-electron chi connectivity index (χ1n) is 8.73. The molecule has 11 heteroatoms. The third-order valence-electron chi connectivity index (χ3n) is 4.25. The van der Waals surface area contributed by atoms with Crippen LogP contribution >= 0.6 is 11.9 Å².